The molecule has 7 heteroatoms. The van der Waals surface area contributed by atoms with E-state index < -0.39 is 23.3 Å². The van der Waals surface area contributed by atoms with Crippen LogP contribution in [0.25, 0.3) is 11.0 Å². The fourth-order valence-corrected chi connectivity index (χ4v) is 1.50. The van der Waals surface area contributed by atoms with Gasteiger partial charge in [-0.2, -0.15) is 0 Å². The third-order valence-electron chi connectivity index (χ3n) is 2.14. The van der Waals surface area contributed by atoms with Crippen LogP contribution >= 0.6 is 0 Å². The fraction of sp³-hybridized carbons (Fsp3) is 0. The first-order valence-electron chi connectivity index (χ1n) is 4.46. The summed E-state index contributed by atoms with van der Waals surface area (Å²) in [7, 11) is 0. The number of hydrogen-bond donors (Lipinski definition) is 2. The molecule has 1 aromatic carbocycles. The van der Waals surface area contributed by atoms with Crippen molar-refractivity contribution in [2.75, 3.05) is 5.32 Å². The number of primary amides is 1. The minimum atomic E-state index is -0.995. The molecule has 2 amide bonds. The van der Waals surface area contributed by atoms with E-state index in [1.165, 1.54) is 0 Å². The Kier molecular flexibility index (Phi) is 2.51. The number of furan rings is 1. The number of fused-ring (bicyclic) bond motifs is 1. The minimum Gasteiger partial charge on any atom is -0.446 e. The molecule has 2 aromatic rings. The van der Waals surface area contributed by atoms with Crippen LogP contribution in [0.15, 0.2) is 16.5 Å². The molecule has 88 valence electrons. The lowest BCUT2D eigenvalue weighted by Gasteiger charge is -1.96. The van der Waals surface area contributed by atoms with E-state index in [0.29, 0.717) is 6.07 Å². The number of hydrogen-bond acceptors (Lipinski definition) is 3. The van der Waals surface area contributed by atoms with E-state index in [4.69, 9.17) is 10.2 Å². The van der Waals surface area contributed by atoms with Crippen LogP contribution in [0.4, 0.5) is 14.5 Å². The van der Waals surface area contributed by atoms with Crippen molar-refractivity contribution in [2.45, 2.75) is 0 Å². The predicted molar refractivity (Wildman–Crippen MR) is 54.3 cm³/mol. The van der Waals surface area contributed by atoms with E-state index in [-0.39, 0.29) is 23.1 Å². The maximum atomic E-state index is 13.3. The van der Waals surface area contributed by atoms with Crippen molar-refractivity contribution >= 4 is 29.0 Å². The van der Waals surface area contributed by atoms with Gasteiger partial charge in [-0.05, 0) is 6.07 Å². The van der Waals surface area contributed by atoms with Gasteiger partial charge in [0.25, 0.3) is 5.91 Å². The Balaban J connectivity index is 2.84. The molecular weight excluding hydrogens is 234 g/mol. The van der Waals surface area contributed by atoms with Crippen LogP contribution in [0.1, 0.15) is 10.6 Å². The third-order valence-corrected chi connectivity index (χ3v) is 2.14. The Hall–Kier alpha value is -2.44. The number of benzene rings is 1. The highest BCUT2D eigenvalue weighted by molar-refractivity contribution is 6.08. The maximum absolute atomic E-state index is 13.3. The van der Waals surface area contributed by atoms with Crippen molar-refractivity contribution in [1.82, 2.24) is 0 Å². The number of carbonyl (C=O) groups is 2. The molecule has 0 aliphatic rings. The molecule has 0 fully saturated rings. The molecule has 17 heavy (non-hydrogen) atoms. The topological polar surface area (TPSA) is 85.3 Å². The van der Waals surface area contributed by atoms with Gasteiger partial charge in [0.15, 0.2) is 11.4 Å². The monoisotopic (exact) mass is 240 g/mol. The summed E-state index contributed by atoms with van der Waals surface area (Å²) in [4.78, 5) is 21.4. The van der Waals surface area contributed by atoms with Crippen LogP contribution < -0.4 is 11.1 Å². The average molecular weight is 240 g/mol. The van der Waals surface area contributed by atoms with E-state index in [1.807, 2.05) is 0 Å². The molecule has 0 spiro atoms. The van der Waals surface area contributed by atoms with Gasteiger partial charge in [0.1, 0.15) is 11.5 Å². The predicted octanol–water partition coefficient (Wildman–Crippen LogP) is 1.38. The summed E-state index contributed by atoms with van der Waals surface area (Å²) in [6, 6.07) is 1.53. The first kappa shape index (κ1) is 11.1. The van der Waals surface area contributed by atoms with Crippen LogP contribution in [0.3, 0.4) is 0 Å². The largest absolute Gasteiger partial charge is 0.446 e. The molecule has 0 atom stereocenters. The Bertz CT molecular complexity index is 622. The molecule has 5 nitrogen and oxygen atoms in total. The molecule has 2 rings (SSSR count). The molecule has 0 radical (unpaired) electrons. The molecule has 0 bridgehead atoms. The van der Waals surface area contributed by atoms with Crippen LogP contribution in [0.5, 0.6) is 0 Å². The fourth-order valence-electron chi connectivity index (χ4n) is 1.50. The summed E-state index contributed by atoms with van der Waals surface area (Å²) >= 11 is 0. The lowest BCUT2D eigenvalue weighted by Crippen LogP contribution is -2.12. The standard InChI is InChI=1S/C10H6F2N2O3/c11-4-1-5-7(14-3-15)9(10(13)16)17-8(5)6(12)2-4/h1-3H,(H2,13,16)(H,14,15). The number of anilines is 1. The van der Waals surface area contributed by atoms with Gasteiger partial charge in [0, 0.05) is 6.07 Å². The number of nitrogens with one attached hydrogen (secondary N) is 1. The number of carbonyl (C=O) groups excluding carboxylic acids is 2. The van der Waals surface area contributed by atoms with Gasteiger partial charge in [0.2, 0.25) is 12.2 Å². The number of halogens is 2. The highest BCUT2D eigenvalue weighted by Crippen LogP contribution is 2.32. The summed E-state index contributed by atoms with van der Waals surface area (Å²) < 4.78 is 31.2. The Morgan fingerprint density at radius 2 is 2.12 bits per heavy atom. The zero-order valence-corrected chi connectivity index (χ0v) is 8.29. The summed E-state index contributed by atoms with van der Waals surface area (Å²) in [5, 5.41) is 2.06. The van der Waals surface area contributed by atoms with Gasteiger partial charge in [-0.3, -0.25) is 9.59 Å². The normalized spacial score (nSPS) is 10.5. The molecule has 0 saturated carbocycles. The molecule has 0 saturated heterocycles. The van der Waals surface area contributed by atoms with E-state index in [0.717, 1.165) is 6.07 Å². The van der Waals surface area contributed by atoms with Gasteiger partial charge in [-0.25, -0.2) is 8.78 Å². The van der Waals surface area contributed by atoms with E-state index in [2.05, 4.69) is 5.32 Å². The minimum absolute atomic E-state index is 0.0663. The Morgan fingerprint density at radius 1 is 1.41 bits per heavy atom. The second-order valence-electron chi connectivity index (χ2n) is 3.20. The van der Waals surface area contributed by atoms with Gasteiger partial charge < -0.3 is 15.5 Å². The van der Waals surface area contributed by atoms with Crippen LogP contribution in [-0.2, 0) is 4.79 Å². The first-order valence-corrected chi connectivity index (χ1v) is 4.46. The second-order valence-corrected chi connectivity index (χ2v) is 3.20. The van der Waals surface area contributed by atoms with Gasteiger partial charge in [-0.15, -0.1) is 0 Å². The van der Waals surface area contributed by atoms with Crippen molar-refractivity contribution in [3.63, 3.8) is 0 Å². The smallest absolute Gasteiger partial charge is 0.286 e. The van der Waals surface area contributed by atoms with E-state index in [1.54, 1.807) is 0 Å². The van der Waals surface area contributed by atoms with Crippen molar-refractivity contribution in [2.24, 2.45) is 5.73 Å². The maximum Gasteiger partial charge on any atom is 0.286 e. The molecule has 1 aromatic heterocycles. The molecule has 1 heterocycles. The number of rotatable bonds is 3. The summed E-state index contributed by atoms with van der Waals surface area (Å²) in [5.41, 5.74) is 4.50. The van der Waals surface area contributed by atoms with Crippen molar-refractivity contribution < 1.29 is 22.8 Å². The van der Waals surface area contributed by atoms with Crippen LogP contribution in [0, 0.1) is 11.6 Å². The van der Waals surface area contributed by atoms with Gasteiger partial charge >= 0.3 is 0 Å². The molecule has 0 aliphatic heterocycles. The highest BCUT2D eigenvalue weighted by atomic mass is 19.1. The number of nitrogens with two attached hydrogens (primary N) is 1. The molecule has 0 unspecified atom stereocenters. The quantitative estimate of drug-likeness (QED) is 0.794. The summed E-state index contributed by atoms with van der Waals surface area (Å²) in [6.45, 7) is 0. The van der Waals surface area contributed by atoms with Gasteiger partial charge in [0.05, 0.1) is 5.39 Å². The SMILES string of the molecule is NC(=O)c1oc2c(F)cc(F)cc2c1NC=O. The van der Waals surface area contributed by atoms with Crippen molar-refractivity contribution in [1.29, 1.82) is 0 Å². The van der Waals surface area contributed by atoms with Crippen molar-refractivity contribution in [3.05, 3.63) is 29.5 Å². The summed E-state index contributed by atoms with van der Waals surface area (Å²) in [5.74, 6) is -3.27. The van der Waals surface area contributed by atoms with Crippen LogP contribution in [-0.4, -0.2) is 12.3 Å². The van der Waals surface area contributed by atoms with Gasteiger partial charge in [-0.1, -0.05) is 0 Å². The zero-order valence-electron chi connectivity index (χ0n) is 8.29. The molecule has 0 aliphatic carbocycles. The van der Waals surface area contributed by atoms with Crippen molar-refractivity contribution in [3.8, 4) is 0 Å². The molecular formula is C10H6F2N2O3. The Labute approximate surface area is 93.2 Å². The lowest BCUT2D eigenvalue weighted by molar-refractivity contribution is -0.105. The van der Waals surface area contributed by atoms with Crippen LogP contribution in [0.2, 0.25) is 0 Å². The average Bonchev–Trinajstić information content (AvgIpc) is 2.58. The molecule has 3 N–H and O–H groups in total. The number of amides is 2. The Morgan fingerprint density at radius 3 is 2.71 bits per heavy atom. The zero-order chi connectivity index (χ0) is 12.6. The lowest BCUT2D eigenvalue weighted by atomic mass is 10.2. The second kappa shape index (κ2) is 3.85. The summed E-state index contributed by atoms with van der Waals surface area (Å²) in [6.07, 6.45) is 0.250. The highest BCUT2D eigenvalue weighted by Gasteiger charge is 2.21. The third kappa shape index (κ3) is 1.71. The van der Waals surface area contributed by atoms with E-state index >= 15 is 0 Å². The van der Waals surface area contributed by atoms with E-state index in [9.17, 15) is 18.4 Å². The first-order chi connectivity index (χ1) is 8.04.